The Balaban J connectivity index is 2.03. The van der Waals surface area contributed by atoms with Crippen LogP contribution in [0.25, 0.3) is 0 Å². The van der Waals surface area contributed by atoms with Crippen LogP contribution < -0.4 is 14.4 Å². The van der Waals surface area contributed by atoms with Gasteiger partial charge >= 0.3 is 0 Å². The van der Waals surface area contributed by atoms with Gasteiger partial charge in [-0.05, 0) is 48.4 Å². The summed E-state index contributed by atoms with van der Waals surface area (Å²) in [7, 11) is 0. The number of nitrogens with zero attached hydrogens (tertiary/aromatic N) is 1. The number of hydrogen-bond donors (Lipinski definition) is 1. The minimum Gasteiger partial charge on any atom is -0.461 e. The average Bonchev–Trinajstić information content (AvgIpc) is 2.96. The Bertz CT molecular complexity index is 877. The largest absolute Gasteiger partial charge is 0.461 e. The maximum atomic E-state index is 13.3. The van der Waals surface area contributed by atoms with Gasteiger partial charge in [-0.2, -0.15) is 4.39 Å². The van der Waals surface area contributed by atoms with Crippen LogP contribution >= 0.6 is 23.7 Å². The van der Waals surface area contributed by atoms with Gasteiger partial charge in [0.25, 0.3) is 0 Å². The molecule has 30 heavy (non-hydrogen) atoms. The number of benzene rings is 2. The summed E-state index contributed by atoms with van der Waals surface area (Å²) in [6, 6.07) is 14.7. The summed E-state index contributed by atoms with van der Waals surface area (Å²) < 4.78 is 22.5. The van der Waals surface area contributed by atoms with Crippen molar-refractivity contribution in [2.45, 2.75) is 48.9 Å². The quantitative estimate of drug-likeness (QED) is 0.156. The molecular formula is C23H27FN2O2S2. The smallest absolute Gasteiger partial charge is 0.197 e. The van der Waals surface area contributed by atoms with Crippen molar-refractivity contribution in [1.82, 2.24) is 4.72 Å². The van der Waals surface area contributed by atoms with Crippen molar-refractivity contribution < 1.29 is 13.9 Å². The van der Waals surface area contributed by atoms with Crippen LogP contribution in [0.5, 0.6) is 5.75 Å². The van der Waals surface area contributed by atoms with Crippen LogP contribution in [0.3, 0.4) is 0 Å². The van der Waals surface area contributed by atoms with E-state index < -0.39 is 5.83 Å². The Kier molecular flexibility index (Phi) is 8.66. The topological polar surface area (TPSA) is 41.6 Å². The van der Waals surface area contributed by atoms with E-state index in [2.05, 4.69) is 41.7 Å². The van der Waals surface area contributed by atoms with Gasteiger partial charge in [0, 0.05) is 18.3 Å². The molecule has 3 rings (SSSR count). The SMILES string of the molecule is CCCCC1CN(c2ccccc2)c2cc(SCC)c(O/C=C(\F)C=O)cc2SN1. The molecule has 1 aliphatic heterocycles. The van der Waals surface area contributed by atoms with E-state index in [-0.39, 0.29) is 6.29 Å². The Labute approximate surface area is 186 Å². The van der Waals surface area contributed by atoms with Gasteiger partial charge in [-0.3, -0.25) is 9.52 Å². The zero-order chi connectivity index (χ0) is 21.3. The number of carbonyl (C=O) groups is 1. The van der Waals surface area contributed by atoms with Crippen LogP contribution in [0.4, 0.5) is 15.8 Å². The van der Waals surface area contributed by atoms with Crippen molar-refractivity contribution in [2.75, 3.05) is 17.2 Å². The molecule has 0 radical (unpaired) electrons. The Morgan fingerprint density at radius 2 is 2.13 bits per heavy atom. The van der Waals surface area contributed by atoms with Crippen LogP contribution in [0.1, 0.15) is 33.1 Å². The van der Waals surface area contributed by atoms with Crippen molar-refractivity contribution in [2.24, 2.45) is 0 Å². The highest BCUT2D eigenvalue weighted by Gasteiger charge is 2.25. The van der Waals surface area contributed by atoms with Gasteiger partial charge in [0.05, 0.1) is 15.5 Å². The molecule has 2 aromatic carbocycles. The summed E-state index contributed by atoms with van der Waals surface area (Å²) in [5, 5.41) is 0. The summed E-state index contributed by atoms with van der Waals surface area (Å²) in [5.74, 6) is 0.464. The highest BCUT2D eigenvalue weighted by molar-refractivity contribution is 7.99. The number of nitrogens with one attached hydrogen (secondary N) is 1. The number of allylic oxidation sites excluding steroid dienone is 1. The summed E-state index contributed by atoms with van der Waals surface area (Å²) in [5.41, 5.74) is 2.23. The molecule has 1 atom stereocenters. The van der Waals surface area contributed by atoms with Crippen LogP contribution in [0.2, 0.25) is 0 Å². The molecule has 4 nitrogen and oxygen atoms in total. The molecule has 2 aromatic rings. The second kappa shape index (κ2) is 11.4. The van der Waals surface area contributed by atoms with Crippen molar-refractivity contribution >= 4 is 41.4 Å². The lowest BCUT2D eigenvalue weighted by molar-refractivity contribution is -0.106. The molecule has 0 fully saturated rings. The number of ether oxygens (including phenoxy) is 1. The molecular weight excluding hydrogens is 419 g/mol. The normalized spacial score (nSPS) is 16.7. The third-order valence-corrected chi connectivity index (χ3v) is 6.66. The number of halogens is 1. The van der Waals surface area contributed by atoms with E-state index in [1.54, 1.807) is 23.7 Å². The molecule has 0 aliphatic carbocycles. The molecule has 0 bridgehead atoms. The molecule has 1 unspecified atom stereocenters. The standard InChI is InChI=1S/C23H27FN2O2S2/c1-3-5-9-18-14-26(19-10-7-6-8-11-19)20-12-23(29-4-2)21(13-22(20)30-25-18)28-16-17(24)15-27/h6-8,10-13,15-16,18,25H,3-5,9,14H2,1-2H3/b17-16-. The molecule has 7 heteroatoms. The van der Waals surface area contributed by atoms with Crippen molar-refractivity contribution in [3.8, 4) is 5.75 Å². The molecule has 160 valence electrons. The number of para-hydroxylation sites is 1. The number of carbonyl (C=O) groups excluding carboxylic acids is 1. The maximum Gasteiger partial charge on any atom is 0.197 e. The number of hydrogen-bond acceptors (Lipinski definition) is 6. The minimum atomic E-state index is -0.936. The van der Waals surface area contributed by atoms with Crippen molar-refractivity contribution in [1.29, 1.82) is 0 Å². The third-order valence-electron chi connectivity index (χ3n) is 4.74. The highest BCUT2D eigenvalue weighted by atomic mass is 32.2. The number of rotatable bonds is 9. The van der Waals surface area contributed by atoms with Crippen LogP contribution in [-0.2, 0) is 4.79 Å². The number of aldehydes is 1. The lowest BCUT2D eigenvalue weighted by Gasteiger charge is -2.28. The Morgan fingerprint density at radius 1 is 1.33 bits per heavy atom. The van der Waals surface area contributed by atoms with Gasteiger partial charge < -0.3 is 9.64 Å². The first-order valence-corrected chi connectivity index (χ1v) is 12.0. The first-order valence-electron chi connectivity index (χ1n) is 10.2. The molecule has 0 amide bonds. The zero-order valence-electron chi connectivity index (χ0n) is 17.3. The molecule has 0 spiro atoms. The maximum absolute atomic E-state index is 13.3. The van der Waals surface area contributed by atoms with Crippen LogP contribution in [0.15, 0.2) is 64.3 Å². The second-order valence-corrected chi connectivity index (χ2v) is 9.13. The summed E-state index contributed by atoms with van der Waals surface area (Å²) in [4.78, 5) is 14.9. The predicted octanol–water partition coefficient (Wildman–Crippen LogP) is 6.49. The highest BCUT2D eigenvalue weighted by Crippen LogP contribution is 2.43. The van der Waals surface area contributed by atoms with Gasteiger partial charge in [-0.15, -0.1) is 11.8 Å². The minimum absolute atomic E-state index is 0.141. The summed E-state index contributed by atoms with van der Waals surface area (Å²) >= 11 is 3.21. The van der Waals surface area contributed by atoms with Crippen LogP contribution in [0, 0.1) is 0 Å². The monoisotopic (exact) mass is 446 g/mol. The average molecular weight is 447 g/mol. The second-order valence-electron chi connectivity index (χ2n) is 6.94. The number of unbranched alkanes of at least 4 members (excludes halogenated alkanes) is 1. The van der Waals surface area contributed by atoms with E-state index in [0.29, 0.717) is 11.8 Å². The fourth-order valence-electron chi connectivity index (χ4n) is 3.29. The first-order chi connectivity index (χ1) is 14.7. The van der Waals surface area contributed by atoms with Crippen molar-refractivity contribution in [3.63, 3.8) is 0 Å². The van der Waals surface area contributed by atoms with E-state index in [1.807, 2.05) is 24.3 Å². The van der Waals surface area contributed by atoms with E-state index >= 15 is 0 Å². The molecule has 1 aliphatic rings. The van der Waals surface area contributed by atoms with Gasteiger partial charge in [-0.25, -0.2) is 0 Å². The fourth-order valence-corrected chi connectivity index (χ4v) is 4.97. The van der Waals surface area contributed by atoms with E-state index in [4.69, 9.17) is 4.74 Å². The molecule has 0 aromatic heterocycles. The predicted molar refractivity (Wildman–Crippen MR) is 124 cm³/mol. The van der Waals surface area contributed by atoms with Gasteiger partial charge in [0.2, 0.25) is 0 Å². The van der Waals surface area contributed by atoms with Gasteiger partial charge in [0.15, 0.2) is 12.1 Å². The lowest BCUT2D eigenvalue weighted by Crippen LogP contribution is -2.34. The molecule has 1 N–H and O–H groups in total. The van der Waals surface area contributed by atoms with E-state index in [0.717, 1.165) is 59.0 Å². The summed E-state index contributed by atoms with van der Waals surface area (Å²) in [6.45, 7) is 5.13. The van der Waals surface area contributed by atoms with Gasteiger partial charge in [0.1, 0.15) is 12.0 Å². The lowest BCUT2D eigenvalue weighted by atomic mass is 10.1. The Hall–Kier alpha value is -1.96. The van der Waals surface area contributed by atoms with Crippen LogP contribution in [-0.4, -0.2) is 24.6 Å². The van der Waals surface area contributed by atoms with E-state index in [9.17, 15) is 9.18 Å². The molecule has 0 saturated heterocycles. The zero-order valence-corrected chi connectivity index (χ0v) is 18.9. The number of anilines is 2. The summed E-state index contributed by atoms with van der Waals surface area (Å²) in [6.07, 6.45) is 4.42. The first kappa shape index (κ1) is 22.7. The van der Waals surface area contributed by atoms with E-state index in [1.165, 1.54) is 0 Å². The fraction of sp³-hybridized carbons (Fsp3) is 0.348. The third kappa shape index (κ3) is 5.80. The molecule has 0 saturated carbocycles. The van der Waals surface area contributed by atoms with Crippen molar-refractivity contribution in [3.05, 3.63) is 54.6 Å². The number of thioether (sulfide) groups is 1. The van der Waals surface area contributed by atoms with Gasteiger partial charge in [-0.1, -0.05) is 44.9 Å². The number of fused-ring (bicyclic) bond motifs is 1. The molecule has 1 heterocycles. The Morgan fingerprint density at radius 3 is 2.83 bits per heavy atom.